The smallest absolute Gasteiger partial charge is 0.319 e. The van der Waals surface area contributed by atoms with E-state index in [4.69, 9.17) is 17.0 Å². The number of anilines is 2. The molecule has 0 N–H and O–H groups in total. The van der Waals surface area contributed by atoms with Crippen LogP contribution >= 0.6 is 0 Å². The third-order valence-electron chi connectivity index (χ3n) is 8.81. The van der Waals surface area contributed by atoms with Crippen LogP contribution < -0.4 is 9.13 Å². The zero-order valence-electron chi connectivity index (χ0n) is 30.2. The average Bonchev–Trinajstić information content (AvgIpc) is 3.29. The summed E-state index contributed by atoms with van der Waals surface area (Å²) < 4.78 is 10.5. The van der Waals surface area contributed by atoms with Crippen LogP contribution in [0, 0.1) is 0 Å². The number of hydrogen-bond donors (Lipinski definition) is 0. The number of para-hydroxylation sites is 2. The quantitative estimate of drug-likeness (QED) is 0.267. The Morgan fingerprint density at radius 3 is 1.20 bits per heavy atom. The highest BCUT2D eigenvalue weighted by atomic mass is 28.5. The number of allylic oxidation sites excluding steroid dienone is 2. The van der Waals surface area contributed by atoms with Crippen LogP contribution in [-0.4, -0.2) is 33.9 Å². The van der Waals surface area contributed by atoms with Gasteiger partial charge in [-0.3, -0.25) is 8.68 Å². The first-order valence-corrected chi connectivity index (χ1v) is 25.2. The molecule has 0 saturated heterocycles. The first-order chi connectivity index (χ1) is 20.3. The Morgan fingerprint density at radius 2 is 0.909 bits per heavy atom. The molecule has 0 fully saturated rings. The van der Waals surface area contributed by atoms with Gasteiger partial charge in [-0.05, 0) is 58.9 Å². The molecule has 0 radical (unpaired) electrons. The molecule has 2 aliphatic rings. The first kappa shape index (κ1) is 34.2. The zero-order chi connectivity index (χ0) is 33.1. The monoisotopic (exact) mass is 646 g/mol. The van der Waals surface area contributed by atoms with Crippen molar-refractivity contribution in [3.8, 4) is 0 Å². The normalized spacial score (nSPS) is 17.4. The van der Waals surface area contributed by atoms with Crippen LogP contribution in [0.3, 0.4) is 0 Å². The second-order valence-corrected chi connectivity index (χ2v) is 29.2. The summed E-state index contributed by atoms with van der Waals surface area (Å²) in [6, 6.07) is 13.9. The summed E-state index contributed by atoms with van der Waals surface area (Å²) in [4.78, 5) is 0. The third kappa shape index (κ3) is 5.53. The highest BCUT2D eigenvalue weighted by Gasteiger charge is 2.70. The Bertz CT molecular complexity index is 1390. The number of benzene rings is 2. The Labute approximate surface area is 272 Å². The molecule has 0 aliphatic carbocycles. The number of rotatable bonds is 8. The summed E-state index contributed by atoms with van der Waals surface area (Å²) in [7, 11) is -7.52. The van der Waals surface area contributed by atoms with E-state index < -0.39 is 25.2 Å². The lowest BCUT2D eigenvalue weighted by molar-refractivity contribution is 0.620. The van der Waals surface area contributed by atoms with E-state index in [1.807, 2.05) is 0 Å². The second-order valence-electron chi connectivity index (χ2n) is 15.9. The minimum Gasteiger partial charge on any atom is -0.319 e. The molecule has 4 rings (SSSR count). The Kier molecular flexibility index (Phi) is 9.30. The van der Waals surface area contributed by atoms with Crippen molar-refractivity contribution < 1.29 is 0 Å². The second kappa shape index (κ2) is 11.9. The van der Waals surface area contributed by atoms with Crippen LogP contribution in [0.1, 0.15) is 108 Å². The highest BCUT2D eigenvalue weighted by molar-refractivity contribution is 7.00. The lowest BCUT2D eigenvalue weighted by Gasteiger charge is -2.60. The fourth-order valence-electron chi connectivity index (χ4n) is 6.90. The van der Waals surface area contributed by atoms with Crippen molar-refractivity contribution in [1.82, 2.24) is 8.68 Å². The van der Waals surface area contributed by atoms with Crippen LogP contribution in [0.4, 0.5) is 11.4 Å². The van der Waals surface area contributed by atoms with Crippen LogP contribution in [0.15, 0.2) is 70.9 Å². The van der Waals surface area contributed by atoms with Crippen molar-refractivity contribution in [2.75, 3.05) is 9.13 Å². The lowest BCUT2D eigenvalue weighted by atomic mass is 9.92. The summed E-state index contributed by atoms with van der Waals surface area (Å²) in [6.45, 7) is 40.3. The molecule has 9 heteroatoms. The van der Waals surface area contributed by atoms with E-state index in [0.29, 0.717) is 23.7 Å². The van der Waals surface area contributed by atoms with Crippen LogP contribution in [-0.2, 0) is 0 Å². The average molecular weight is 647 g/mol. The molecule has 240 valence electrons. The van der Waals surface area contributed by atoms with E-state index in [-0.39, 0.29) is 0 Å². The minimum absolute atomic E-state index is 0.341. The van der Waals surface area contributed by atoms with E-state index in [0.717, 1.165) is 5.70 Å². The molecular formula is C35H58N6Si3. The predicted molar refractivity (Wildman–Crippen MR) is 198 cm³/mol. The summed E-state index contributed by atoms with van der Waals surface area (Å²) in [5, 5.41) is 10.5. The molecule has 0 atom stereocenters. The van der Waals surface area contributed by atoms with Crippen LogP contribution in [0.5, 0.6) is 0 Å². The molecule has 2 aliphatic heterocycles. The molecule has 1 spiro atoms. The Morgan fingerprint density at radius 1 is 0.591 bits per heavy atom. The molecule has 0 bridgehead atoms. The van der Waals surface area contributed by atoms with E-state index >= 15 is 0 Å². The lowest BCUT2D eigenvalue weighted by Crippen LogP contribution is -2.86. The molecule has 0 aromatic heterocycles. The van der Waals surface area contributed by atoms with Gasteiger partial charge in [0.2, 0.25) is 0 Å². The van der Waals surface area contributed by atoms with Gasteiger partial charge < -0.3 is 9.13 Å². The molecule has 2 aromatic carbocycles. The van der Waals surface area contributed by atoms with Crippen molar-refractivity contribution in [2.24, 2.45) is 10.4 Å². The van der Waals surface area contributed by atoms with Gasteiger partial charge in [-0.1, -0.05) is 148 Å². The van der Waals surface area contributed by atoms with E-state index in [9.17, 15) is 0 Å². The van der Waals surface area contributed by atoms with Gasteiger partial charge >= 0.3 is 8.72 Å². The molecule has 2 aromatic rings. The van der Waals surface area contributed by atoms with Gasteiger partial charge in [-0.15, -0.1) is 0 Å². The zero-order valence-corrected chi connectivity index (χ0v) is 33.2. The molecular weight excluding hydrogens is 589 g/mol. The molecule has 44 heavy (non-hydrogen) atoms. The largest absolute Gasteiger partial charge is 0.531 e. The third-order valence-corrected chi connectivity index (χ3v) is 21.0. The van der Waals surface area contributed by atoms with E-state index in [1.165, 1.54) is 39.3 Å². The Hall–Kier alpha value is -2.63. The standard InChI is InChI=1S/C35H58N6Si3/c1-24(2)30-19-17-20-31(25(3)4)34(30)38-28(9)23-29(10)39(35-32(26(5)6)21-18-22-33(35)27(7)8)44(38)40(42(11,12)13)36-37-41(44)43(14,15)16/h17-27H,9H2,1-8,10-16H3. The molecule has 0 amide bonds. The number of hydrogen-bond acceptors (Lipinski definition) is 6. The van der Waals surface area contributed by atoms with Crippen molar-refractivity contribution in [2.45, 2.75) is 125 Å². The molecule has 6 nitrogen and oxygen atoms in total. The first-order valence-electron chi connectivity index (χ1n) is 16.5. The van der Waals surface area contributed by atoms with Crippen molar-refractivity contribution in [3.05, 3.63) is 82.7 Å². The van der Waals surface area contributed by atoms with E-state index in [1.54, 1.807) is 0 Å². The van der Waals surface area contributed by atoms with Crippen molar-refractivity contribution in [3.63, 3.8) is 0 Å². The SMILES string of the molecule is C=C1C=C(C)N(c2c(C(C)C)cccc2C(C)C)[Si]2(N1c1c(C(C)C)cccc1C(C)C)N([Si](C)(C)C)N=NN2[Si](C)(C)C. The fourth-order valence-corrected chi connectivity index (χ4v) is 20.3. The van der Waals surface area contributed by atoms with E-state index in [2.05, 4.69) is 162 Å². The Balaban J connectivity index is 2.33. The molecule has 0 saturated carbocycles. The fraction of sp³-hybridized carbons (Fsp3) is 0.543. The predicted octanol–water partition coefficient (Wildman–Crippen LogP) is 10.9. The summed E-state index contributed by atoms with van der Waals surface area (Å²) in [5.41, 5.74) is 10.4. The van der Waals surface area contributed by atoms with Crippen LogP contribution in [0.25, 0.3) is 0 Å². The van der Waals surface area contributed by atoms with Crippen LogP contribution in [0.2, 0.25) is 39.3 Å². The maximum Gasteiger partial charge on any atom is 0.531 e. The maximum atomic E-state index is 5.24. The van der Waals surface area contributed by atoms with Gasteiger partial charge in [0.25, 0.3) is 0 Å². The summed E-state index contributed by atoms with van der Waals surface area (Å²) in [5.74, 6) is 1.39. The minimum atomic E-state index is -3.27. The summed E-state index contributed by atoms with van der Waals surface area (Å²) >= 11 is 0. The van der Waals surface area contributed by atoms with Crippen molar-refractivity contribution >= 4 is 36.6 Å². The van der Waals surface area contributed by atoms with Gasteiger partial charge in [0.1, 0.15) is 0 Å². The number of nitrogens with zero attached hydrogens (tertiary/aromatic N) is 6. The molecule has 0 unspecified atom stereocenters. The summed E-state index contributed by atoms with van der Waals surface area (Å²) in [6.07, 6.45) is 2.32. The van der Waals surface area contributed by atoms with Crippen molar-refractivity contribution in [1.29, 1.82) is 0 Å². The maximum absolute atomic E-state index is 5.24. The van der Waals surface area contributed by atoms with Gasteiger partial charge in [-0.2, -0.15) is 0 Å². The topological polar surface area (TPSA) is 37.7 Å². The molecule has 2 heterocycles. The highest BCUT2D eigenvalue weighted by Crippen LogP contribution is 2.52. The van der Waals surface area contributed by atoms with Gasteiger partial charge in [-0.25, -0.2) is 0 Å². The van der Waals surface area contributed by atoms with Gasteiger partial charge in [0, 0.05) is 22.8 Å². The van der Waals surface area contributed by atoms with Gasteiger partial charge in [0.05, 0.1) is 0 Å². The van der Waals surface area contributed by atoms with Gasteiger partial charge in [0.15, 0.2) is 16.5 Å².